The van der Waals surface area contributed by atoms with Gasteiger partial charge >= 0.3 is 12.1 Å². The van der Waals surface area contributed by atoms with Gasteiger partial charge in [0.1, 0.15) is 6.61 Å². The van der Waals surface area contributed by atoms with E-state index in [4.69, 9.17) is 9.47 Å². The molecule has 1 aromatic heterocycles. The Balaban J connectivity index is 1.92. The molecular weight excluding hydrogens is 452 g/mol. The SMILES string of the molecule is CCCc1c(C(=O)OC)cc(C(C)(C)C)n1C[C@H](Cc1ccccc1)NC(=O)OCc1ccccc1. The second kappa shape index (κ2) is 12.4. The lowest BCUT2D eigenvalue weighted by Gasteiger charge is -2.27. The molecule has 3 aromatic rings. The van der Waals surface area contributed by atoms with Gasteiger partial charge in [0.25, 0.3) is 0 Å². The highest BCUT2D eigenvalue weighted by Crippen LogP contribution is 2.30. The zero-order valence-electron chi connectivity index (χ0n) is 22.0. The zero-order valence-corrected chi connectivity index (χ0v) is 22.0. The van der Waals surface area contributed by atoms with Crippen molar-refractivity contribution in [1.29, 1.82) is 0 Å². The quantitative estimate of drug-likeness (QED) is 0.351. The average molecular weight is 491 g/mol. The summed E-state index contributed by atoms with van der Waals surface area (Å²) in [5, 5.41) is 3.09. The number of ether oxygens (including phenoxy) is 2. The molecule has 0 aliphatic rings. The Hall–Kier alpha value is -3.54. The summed E-state index contributed by atoms with van der Waals surface area (Å²) >= 11 is 0. The van der Waals surface area contributed by atoms with Gasteiger partial charge in [0.05, 0.1) is 18.7 Å². The van der Waals surface area contributed by atoms with Crippen LogP contribution >= 0.6 is 0 Å². The molecule has 0 saturated heterocycles. The molecule has 0 bridgehead atoms. The Kier molecular flexibility index (Phi) is 9.34. The van der Waals surface area contributed by atoms with Crippen LogP contribution in [0.15, 0.2) is 66.7 Å². The third-order valence-corrected chi connectivity index (χ3v) is 6.13. The number of carbonyl (C=O) groups excluding carboxylic acids is 2. The summed E-state index contributed by atoms with van der Waals surface area (Å²) < 4.78 is 12.8. The number of methoxy groups -OCH3 is 1. The summed E-state index contributed by atoms with van der Waals surface area (Å²) in [6.07, 6.45) is 1.78. The number of carbonyl (C=O) groups is 2. The van der Waals surface area contributed by atoms with Crippen LogP contribution in [-0.4, -0.2) is 29.8 Å². The zero-order chi connectivity index (χ0) is 26.1. The van der Waals surface area contributed by atoms with Crippen molar-refractivity contribution < 1.29 is 19.1 Å². The fourth-order valence-corrected chi connectivity index (χ4v) is 4.42. The number of rotatable bonds is 10. The predicted octanol–water partition coefficient (Wildman–Crippen LogP) is 6.06. The molecule has 192 valence electrons. The van der Waals surface area contributed by atoms with E-state index in [1.807, 2.05) is 54.6 Å². The fourth-order valence-electron chi connectivity index (χ4n) is 4.42. The van der Waals surface area contributed by atoms with Crippen LogP contribution in [0.1, 0.15) is 67.0 Å². The summed E-state index contributed by atoms with van der Waals surface area (Å²) in [6.45, 7) is 9.19. The van der Waals surface area contributed by atoms with Crippen molar-refractivity contribution in [3.8, 4) is 0 Å². The van der Waals surface area contributed by atoms with E-state index < -0.39 is 6.09 Å². The highest BCUT2D eigenvalue weighted by Gasteiger charge is 2.28. The standard InChI is InChI=1S/C30H38N2O4/c1-6-13-26-25(28(33)35-5)19-27(30(2,3)4)32(26)20-24(18-22-14-9-7-10-15-22)31-29(34)36-21-23-16-11-8-12-17-23/h7-12,14-17,19,24H,6,13,18,20-21H2,1-5H3,(H,31,34)/t24-/m0/s1. The molecule has 1 amide bonds. The second-order valence-electron chi connectivity index (χ2n) is 10.1. The van der Waals surface area contributed by atoms with E-state index in [1.54, 1.807) is 0 Å². The minimum Gasteiger partial charge on any atom is -0.465 e. The van der Waals surface area contributed by atoms with Crippen molar-refractivity contribution in [2.45, 2.75) is 71.6 Å². The van der Waals surface area contributed by atoms with Crippen LogP contribution in [0, 0.1) is 0 Å². The number of esters is 1. The van der Waals surface area contributed by atoms with E-state index in [-0.39, 0.29) is 24.0 Å². The minimum atomic E-state index is -0.463. The molecule has 0 saturated carbocycles. The Morgan fingerprint density at radius 2 is 1.58 bits per heavy atom. The largest absolute Gasteiger partial charge is 0.465 e. The Labute approximate surface area is 214 Å². The molecule has 0 aliphatic heterocycles. The normalized spacial score (nSPS) is 12.1. The average Bonchev–Trinajstić information content (AvgIpc) is 3.22. The van der Waals surface area contributed by atoms with E-state index in [9.17, 15) is 9.59 Å². The Morgan fingerprint density at radius 3 is 2.14 bits per heavy atom. The van der Waals surface area contributed by atoms with Crippen molar-refractivity contribution >= 4 is 12.1 Å². The van der Waals surface area contributed by atoms with E-state index in [0.717, 1.165) is 35.4 Å². The lowest BCUT2D eigenvalue weighted by molar-refractivity contribution is 0.0599. The van der Waals surface area contributed by atoms with Crippen molar-refractivity contribution in [2.24, 2.45) is 0 Å². The van der Waals surface area contributed by atoms with Crippen LogP contribution in [0.25, 0.3) is 0 Å². The monoisotopic (exact) mass is 490 g/mol. The summed E-state index contributed by atoms with van der Waals surface area (Å²) in [6, 6.07) is 21.4. The summed E-state index contributed by atoms with van der Waals surface area (Å²) in [5.74, 6) is -0.336. The minimum absolute atomic E-state index is 0.203. The molecule has 0 unspecified atom stereocenters. The number of aromatic nitrogens is 1. The first-order valence-electron chi connectivity index (χ1n) is 12.5. The predicted molar refractivity (Wildman–Crippen MR) is 142 cm³/mol. The molecular formula is C30H38N2O4. The van der Waals surface area contributed by atoms with E-state index >= 15 is 0 Å². The molecule has 6 nitrogen and oxygen atoms in total. The Morgan fingerprint density at radius 1 is 0.972 bits per heavy atom. The smallest absolute Gasteiger partial charge is 0.407 e. The number of nitrogens with zero attached hydrogens (tertiary/aromatic N) is 1. The lowest BCUT2D eigenvalue weighted by Crippen LogP contribution is -2.41. The first-order chi connectivity index (χ1) is 17.2. The van der Waals surface area contributed by atoms with E-state index in [2.05, 4.69) is 49.7 Å². The molecule has 1 heterocycles. The number of nitrogens with one attached hydrogen (secondary N) is 1. The van der Waals surface area contributed by atoms with E-state index in [1.165, 1.54) is 7.11 Å². The highest BCUT2D eigenvalue weighted by atomic mass is 16.5. The van der Waals surface area contributed by atoms with Crippen molar-refractivity contribution in [3.05, 3.63) is 94.8 Å². The maximum atomic E-state index is 12.8. The van der Waals surface area contributed by atoms with E-state index in [0.29, 0.717) is 18.5 Å². The first-order valence-corrected chi connectivity index (χ1v) is 12.5. The van der Waals surface area contributed by atoms with Crippen LogP contribution in [0.2, 0.25) is 0 Å². The molecule has 0 spiro atoms. The third-order valence-electron chi connectivity index (χ3n) is 6.13. The number of hydrogen-bond acceptors (Lipinski definition) is 4. The van der Waals surface area contributed by atoms with Gasteiger partial charge in [0.2, 0.25) is 0 Å². The third kappa shape index (κ3) is 7.23. The number of benzene rings is 2. The topological polar surface area (TPSA) is 69.6 Å². The first kappa shape index (κ1) is 27.1. The van der Waals surface area contributed by atoms with Crippen molar-refractivity contribution in [2.75, 3.05) is 7.11 Å². The van der Waals surface area contributed by atoms with Crippen molar-refractivity contribution in [3.63, 3.8) is 0 Å². The van der Waals surface area contributed by atoms with Crippen LogP contribution in [0.5, 0.6) is 0 Å². The summed E-state index contributed by atoms with van der Waals surface area (Å²) in [5.41, 5.74) is 4.39. The van der Waals surface area contributed by atoms with Gasteiger partial charge in [-0.25, -0.2) is 9.59 Å². The van der Waals surface area contributed by atoms with Gasteiger partial charge in [0.15, 0.2) is 0 Å². The number of amides is 1. The summed E-state index contributed by atoms with van der Waals surface area (Å²) in [7, 11) is 1.41. The van der Waals surface area contributed by atoms with Gasteiger partial charge in [-0.15, -0.1) is 0 Å². The molecule has 0 aliphatic carbocycles. The van der Waals surface area contributed by atoms with Gasteiger partial charge < -0.3 is 19.4 Å². The van der Waals surface area contributed by atoms with Crippen LogP contribution in [0.4, 0.5) is 4.79 Å². The van der Waals surface area contributed by atoms with Crippen LogP contribution in [0.3, 0.4) is 0 Å². The number of alkyl carbamates (subject to hydrolysis) is 1. The second-order valence-corrected chi connectivity index (χ2v) is 10.1. The van der Waals surface area contributed by atoms with Gasteiger partial charge in [0, 0.05) is 23.3 Å². The van der Waals surface area contributed by atoms with Gasteiger partial charge in [-0.1, -0.05) is 94.8 Å². The molecule has 0 radical (unpaired) electrons. The number of hydrogen-bond donors (Lipinski definition) is 1. The molecule has 1 atom stereocenters. The molecule has 3 rings (SSSR count). The Bertz CT molecular complexity index is 1130. The van der Waals surface area contributed by atoms with Crippen molar-refractivity contribution in [1.82, 2.24) is 9.88 Å². The molecule has 2 aromatic carbocycles. The molecule has 0 fully saturated rings. The molecule has 36 heavy (non-hydrogen) atoms. The van der Waals surface area contributed by atoms with Gasteiger partial charge in [-0.05, 0) is 30.0 Å². The molecule has 1 N–H and O–H groups in total. The van der Waals surface area contributed by atoms with Gasteiger partial charge in [-0.3, -0.25) is 0 Å². The fraction of sp³-hybridized carbons (Fsp3) is 0.400. The van der Waals surface area contributed by atoms with Crippen LogP contribution < -0.4 is 5.32 Å². The van der Waals surface area contributed by atoms with Gasteiger partial charge in [-0.2, -0.15) is 0 Å². The molecule has 6 heteroatoms. The lowest BCUT2D eigenvalue weighted by atomic mass is 9.91. The highest BCUT2D eigenvalue weighted by molar-refractivity contribution is 5.91. The summed E-state index contributed by atoms with van der Waals surface area (Å²) in [4.78, 5) is 25.5. The maximum absolute atomic E-state index is 12.8. The van der Waals surface area contributed by atoms with Crippen LogP contribution in [-0.2, 0) is 40.9 Å². The maximum Gasteiger partial charge on any atom is 0.407 e.